The molecule has 0 saturated carbocycles. The molecule has 1 rings (SSSR count). The predicted octanol–water partition coefficient (Wildman–Crippen LogP) is 3.84. The smallest absolute Gasteiger partial charge is 0.183 e. The number of nitrogens with zero attached hydrogens (tertiary/aromatic N) is 1. The molecule has 1 aliphatic heterocycles. The third-order valence-corrected chi connectivity index (χ3v) is 4.58. The molecule has 0 N–H and O–H groups in total. The molecule has 0 bridgehead atoms. The van der Waals surface area contributed by atoms with E-state index in [1.54, 1.807) is 6.92 Å². The van der Waals surface area contributed by atoms with Gasteiger partial charge in [-0.15, -0.1) is 0 Å². The molecule has 1 fully saturated rings. The molecule has 0 spiro atoms. The highest BCUT2D eigenvalue weighted by Crippen LogP contribution is 2.35. The first kappa shape index (κ1) is 16.6. The number of likely N-dealkylation sites (tertiary alicyclic amines) is 1. The van der Waals surface area contributed by atoms with Crippen molar-refractivity contribution in [1.82, 2.24) is 4.90 Å². The van der Waals surface area contributed by atoms with Crippen molar-refractivity contribution in [3.05, 3.63) is 0 Å². The van der Waals surface area contributed by atoms with Gasteiger partial charge in [-0.1, -0.05) is 34.6 Å². The van der Waals surface area contributed by atoms with Crippen LogP contribution in [-0.2, 0) is 4.79 Å². The van der Waals surface area contributed by atoms with Crippen LogP contribution in [0.4, 0.5) is 4.39 Å². The quantitative estimate of drug-likeness (QED) is 0.757. The highest BCUT2D eigenvalue weighted by molar-refractivity contribution is 5.88. The maximum Gasteiger partial charge on any atom is 0.183 e. The van der Waals surface area contributed by atoms with E-state index < -0.39 is 6.17 Å². The average Bonchev–Trinajstić information content (AvgIpc) is 2.38. The van der Waals surface area contributed by atoms with Gasteiger partial charge in [0.25, 0.3) is 0 Å². The third kappa shape index (κ3) is 4.27. The van der Waals surface area contributed by atoms with E-state index in [9.17, 15) is 9.18 Å². The molecular formula is C16H30FNO. The van der Waals surface area contributed by atoms with Crippen molar-refractivity contribution in [3.8, 4) is 0 Å². The van der Waals surface area contributed by atoms with Crippen LogP contribution in [0.2, 0.25) is 0 Å². The SMILES string of the molecule is CCC(F)C(=O)C(CC)N1CCC(C(C)(C)C)CC1. The van der Waals surface area contributed by atoms with Crippen LogP contribution in [0.1, 0.15) is 60.3 Å². The van der Waals surface area contributed by atoms with Gasteiger partial charge in [0.05, 0.1) is 6.04 Å². The fourth-order valence-electron chi connectivity index (χ4n) is 3.13. The minimum Gasteiger partial charge on any atom is -0.295 e. The van der Waals surface area contributed by atoms with Crippen LogP contribution in [0, 0.1) is 11.3 Å². The molecule has 19 heavy (non-hydrogen) atoms. The van der Waals surface area contributed by atoms with Gasteiger partial charge in [0.2, 0.25) is 0 Å². The number of carbonyl (C=O) groups excluding carboxylic acids is 1. The number of Topliss-reactive ketones (excluding diaryl/α,β-unsaturated/α-hetero) is 1. The van der Waals surface area contributed by atoms with Gasteiger partial charge in [0, 0.05) is 0 Å². The fourth-order valence-corrected chi connectivity index (χ4v) is 3.13. The second-order valence-electron chi connectivity index (χ2n) is 6.88. The minimum absolute atomic E-state index is 0.209. The van der Waals surface area contributed by atoms with Crippen LogP contribution in [0.25, 0.3) is 0 Å². The van der Waals surface area contributed by atoms with Crippen molar-refractivity contribution in [1.29, 1.82) is 0 Å². The Morgan fingerprint density at radius 2 is 1.74 bits per heavy atom. The number of piperidine rings is 1. The summed E-state index contributed by atoms with van der Waals surface area (Å²) in [5, 5.41) is 0. The maximum absolute atomic E-state index is 13.6. The second-order valence-corrected chi connectivity index (χ2v) is 6.88. The van der Waals surface area contributed by atoms with Crippen molar-refractivity contribution in [2.24, 2.45) is 11.3 Å². The largest absolute Gasteiger partial charge is 0.295 e. The summed E-state index contributed by atoms with van der Waals surface area (Å²) in [6.45, 7) is 12.4. The number of alkyl halides is 1. The lowest BCUT2D eigenvalue weighted by atomic mass is 9.75. The standard InChI is InChI=1S/C16H30FNO/c1-6-13(17)15(19)14(7-2)18-10-8-12(9-11-18)16(3,4)5/h12-14H,6-11H2,1-5H3. The second kappa shape index (κ2) is 6.83. The monoisotopic (exact) mass is 271 g/mol. The molecule has 0 amide bonds. The molecule has 1 heterocycles. The lowest BCUT2D eigenvalue weighted by molar-refractivity contribution is -0.130. The van der Waals surface area contributed by atoms with Crippen LogP contribution < -0.4 is 0 Å². The molecule has 2 nitrogen and oxygen atoms in total. The molecule has 1 saturated heterocycles. The summed E-state index contributed by atoms with van der Waals surface area (Å²) < 4.78 is 13.6. The lowest BCUT2D eigenvalue weighted by Gasteiger charge is -2.41. The molecule has 0 radical (unpaired) electrons. The first-order chi connectivity index (χ1) is 8.81. The summed E-state index contributed by atoms with van der Waals surface area (Å²) >= 11 is 0. The van der Waals surface area contributed by atoms with Crippen LogP contribution in [0.15, 0.2) is 0 Å². The molecule has 0 aromatic heterocycles. The van der Waals surface area contributed by atoms with Crippen LogP contribution in [-0.4, -0.2) is 36.0 Å². The van der Waals surface area contributed by atoms with Crippen molar-refractivity contribution in [2.75, 3.05) is 13.1 Å². The first-order valence-corrected chi connectivity index (χ1v) is 7.73. The molecule has 3 heteroatoms. The van der Waals surface area contributed by atoms with Gasteiger partial charge in [-0.05, 0) is 50.1 Å². The van der Waals surface area contributed by atoms with E-state index in [1.807, 2.05) is 6.92 Å². The zero-order valence-corrected chi connectivity index (χ0v) is 13.2. The Morgan fingerprint density at radius 1 is 1.21 bits per heavy atom. The highest BCUT2D eigenvalue weighted by Gasteiger charge is 2.34. The number of carbonyl (C=O) groups is 1. The van der Waals surface area contributed by atoms with E-state index in [1.165, 1.54) is 0 Å². The van der Waals surface area contributed by atoms with Gasteiger partial charge >= 0.3 is 0 Å². The van der Waals surface area contributed by atoms with E-state index in [-0.39, 0.29) is 11.8 Å². The van der Waals surface area contributed by atoms with Gasteiger partial charge in [-0.25, -0.2) is 4.39 Å². The molecular weight excluding hydrogens is 241 g/mol. The summed E-state index contributed by atoms with van der Waals surface area (Å²) in [7, 11) is 0. The number of rotatable bonds is 5. The van der Waals surface area contributed by atoms with Gasteiger partial charge in [-0.2, -0.15) is 0 Å². The maximum atomic E-state index is 13.6. The first-order valence-electron chi connectivity index (χ1n) is 7.73. The van der Waals surface area contributed by atoms with Crippen molar-refractivity contribution >= 4 is 5.78 Å². The summed E-state index contributed by atoms with van der Waals surface area (Å²) in [6.07, 6.45) is 1.98. The lowest BCUT2D eigenvalue weighted by Crippen LogP contribution is -2.49. The summed E-state index contributed by atoms with van der Waals surface area (Å²) in [6, 6.07) is -0.212. The van der Waals surface area contributed by atoms with Gasteiger partial charge in [-0.3, -0.25) is 9.69 Å². The van der Waals surface area contributed by atoms with E-state index in [4.69, 9.17) is 0 Å². The zero-order chi connectivity index (χ0) is 14.6. The normalized spacial score (nSPS) is 22.2. The summed E-state index contributed by atoms with van der Waals surface area (Å²) in [5.74, 6) is 0.503. The average molecular weight is 271 g/mol. The molecule has 0 aliphatic carbocycles. The molecule has 112 valence electrons. The third-order valence-electron chi connectivity index (χ3n) is 4.58. The summed E-state index contributed by atoms with van der Waals surface area (Å²) in [5.41, 5.74) is 0.337. The van der Waals surface area contributed by atoms with E-state index in [2.05, 4.69) is 25.7 Å². The number of ketones is 1. The van der Waals surface area contributed by atoms with Gasteiger partial charge in [0.15, 0.2) is 12.0 Å². The molecule has 1 aliphatic rings. The molecule has 0 aromatic rings. The Kier molecular flexibility index (Phi) is 5.97. The Morgan fingerprint density at radius 3 is 2.11 bits per heavy atom. The molecule has 0 aromatic carbocycles. The van der Waals surface area contributed by atoms with Crippen molar-refractivity contribution in [3.63, 3.8) is 0 Å². The van der Waals surface area contributed by atoms with Gasteiger partial charge in [0.1, 0.15) is 0 Å². The fraction of sp³-hybridized carbons (Fsp3) is 0.938. The molecule has 2 atom stereocenters. The van der Waals surface area contributed by atoms with E-state index in [0.29, 0.717) is 17.8 Å². The molecule has 2 unspecified atom stereocenters. The van der Waals surface area contributed by atoms with Gasteiger partial charge < -0.3 is 0 Å². The van der Waals surface area contributed by atoms with E-state index >= 15 is 0 Å². The summed E-state index contributed by atoms with van der Waals surface area (Å²) in [4.78, 5) is 14.3. The van der Waals surface area contributed by atoms with E-state index in [0.717, 1.165) is 32.4 Å². The Bertz CT molecular complexity index is 290. The number of hydrogen-bond donors (Lipinski definition) is 0. The van der Waals surface area contributed by atoms with Crippen LogP contribution in [0.5, 0.6) is 0 Å². The van der Waals surface area contributed by atoms with Crippen LogP contribution in [0.3, 0.4) is 0 Å². The Balaban J connectivity index is 2.60. The van der Waals surface area contributed by atoms with Crippen LogP contribution >= 0.6 is 0 Å². The Labute approximate surface area is 117 Å². The van der Waals surface area contributed by atoms with Crippen molar-refractivity contribution < 1.29 is 9.18 Å². The van der Waals surface area contributed by atoms with Crippen molar-refractivity contribution in [2.45, 2.75) is 72.5 Å². The highest BCUT2D eigenvalue weighted by atomic mass is 19.1. The minimum atomic E-state index is -1.29. The number of hydrogen-bond acceptors (Lipinski definition) is 2. The zero-order valence-electron chi connectivity index (χ0n) is 13.2. The Hall–Kier alpha value is -0.440. The predicted molar refractivity (Wildman–Crippen MR) is 78.0 cm³/mol. The topological polar surface area (TPSA) is 20.3 Å². The number of halogens is 1.